The summed E-state index contributed by atoms with van der Waals surface area (Å²) in [5, 5.41) is 9.52. The van der Waals surface area contributed by atoms with E-state index in [-0.39, 0.29) is 24.2 Å². The third-order valence-electron chi connectivity index (χ3n) is 2.34. The molecule has 1 atom stereocenters. The molecule has 15 heavy (non-hydrogen) atoms. The molecule has 1 rings (SSSR count). The molecule has 4 heteroatoms. The van der Waals surface area contributed by atoms with E-state index >= 15 is 0 Å². The van der Waals surface area contributed by atoms with Crippen molar-refractivity contribution in [2.24, 2.45) is 5.73 Å². The van der Waals surface area contributed by atoms with E-state index in [2.05, 4.69) is 0 Å². The van der Waals surface area contributed by atoms with Crippen molar-refractivity contribution in [2.75, 3.05) is 0 Å². The van der Waals surface area contributed by atoms with Crippen LogP contribution in [0.5, 0.6) is 5.75 Å². The highest BCUT2D eigenvalue weighted by molar-refractivity contribution is 5.85. The predicted molar refractivity (Wildman–Crippen MR) is 61.9 cm³/mol. The van der Waals surface area contributed by atoms with Crippen molar-refractivity contribution < 1.29 is 9.50 Å². The summed E-state index contributed by atoms with van der Waals surface area (Å²) in [4.78, 5) is 0. The molecule has 0 amide bonds. The highest BCUT2D eigenvalue weighted by Gasteiger charge is 2.14. The number of aromatic hydroxyl groups is 1. The van der Waals surface area contributed by atoms with Gasteiger partial charge in [0.05, 0.1) is 0 Å². The molecular weight excluding hydrogens is 217 g/mol. The topological polar surface area (TPSA) is 46.2 Å². The summed E-state index contributed by atoms with van der Waals surface area (Å²) in [6.07, 6.45) is 1.66. The number of nitrogens with two attached hydrogens (primary N) is 1. The van der Waals surface area contributed by atoms with Gasteiger partial charge in [-0.3, -0.25) is 0 Å². The first-order chi connectivity index (χ1) is 6.57. The lowest BCUT2D eigenvalue weighted by atomic mass is 10.0. The van der Waals surface area contributed by atoms with Crippen LogP contribution < -0.4 is 5.73 Å². The Morgan fingerprint density at radius 3 is 2.60 bits per heavy atom. The summed E-state index contributed by atoms with van der Waals surface area (Å²) in [6, 6.07) is 3.05. The Kier molecular flexibility index (Phi) is 5.61. The molecule has 0 aliphatic carbocycles. The number of hydrogen-bond donors (Lipinski definition) is 2. The SMILES string of the molecule is CCC[C@@H](N)c1ccc(C)c(F)c1O.Cl. The van der Waals surface area contributed by atoms with E-state index in [9.17, 15) is 9.50 Å². The lowest BCUT2D eigenvalue weighted by Crippen LogP contribution is -2.10. The maximum atomic E-state index is 13.3. The molecule has 2 nitrogen and oxygen atoms in total. The van der Waals surface area contributed by atoms with Crippen molar-refractivity contribution in [3.63, 3.8) is 0 Å². The first-order valence-electron chi connectivity index (χ1n) is 4.81. The second-order valence-electron chi connectivity index (χ2n) is 3.53. The largest absolute Gasteiger partial charge is 0.505 e. The number of benzene rings is 1. The summed E-state index contributed by atoms with van der Waals surface area (Å²) in [7, 11) is 0. The van der Waals surface area contributed by atoms with Crippen LogP contribution in [0.25, 0.3) is 0 Å². The van der Waals surface area contributed by atoms with E-state index in [4.69, 9.17) is 5.73 Å². The fourth-order valence-electron chi connectivity index (χ4n) is 1.45. The number of hydrogen-bond acceptors (Lipinski definition) is 2. The van der Waals surface area contributed by atoms with E-state index in [0.717, 1.165) is 12.8 Å². The Morgan fingerprint density at radius 2 is 2.07 bits per heavy atom. The van der Waals surface area contributed by atoms with Crippen molar-refractivity contribution in [1.82, 2.24) is 0 Å². The maximum absolute atomic E-state index is 13.3. The van der Waals surface area contributed by atoms with Gasteiger partial charge in [0.25, 0.3) is 0 Å². The summed E-state index contributed by atoms with van der Waals surface area (Å²) in [5.41, 5.74) is 6.73. The minimum Gasteiger partial charge on any atom is -0.505 e. The van der Waals surface area contributed by atoms with E-state index in [0.29, 0.717) is 11.1 Å². The number of phenols is 1. The Labute approximate surface area is 95.7 Å². The van der Waals surface area contributed by atoms with Gasteiger partial charge in [-0.05, 0) is 18.9 Å². The minimum atomic E-state index is -0.561. The summed E-state index contributed by atoms with van der Waals surface area (Å²) in [5.74, 6) is -0.861. The molecule has 0 saturated carbocycles. The molecule has 0 spiro atoms. The van der Waals surface area contributed by atoms with Crippen LogP contribution in [0.15, 0.2) is 12.1 Å². The van der Waals surface area contributed by atoms with Crippen LogP contribution in [0.1, 0.15) is 36.9 Å². The molecule has 0 saturated heterocycles. The molecule has 0 unspecified atom stereocenters. The normalized spacial score (nSPS) is 12.0. The van der Waals surface area contributed by atoms with Gasteiger partial charge >= 0.3 is 0 Å². The molecule has 3 N–H and O–H groups in total. The fraction of sp³-hybridized carbons (Fsp3) is 0.455. The first-order valence-corrected chi connectivity index (χ1v) is 4.81. The number of phenolic OH excluding ortho intramolecular Hbond substituents is 1. The van der Waals surface area contributed by atoms with Crippen LogP contribution in [0.4, 0.5) is 4.39 Å². The average Bonchev–Trinajstić information content (AvgIpc) is 2.15. The molecule has 86 valence electrons. The minimum absolute atomic E-state index is 0. The van der Waals surface area contributed by atoms with Crippen LogP contribution in [-0.2, 0) is 0 Å². The Balaban J connectivity index is 0.00000196. The molecule has 0 fully saturated rings. The molecule has 0 aliphatic rings. The first kappa shape index (κ1) is 14.2. The lowest BCUT2D eigenvalue weighted by Gasteiger charge is -2.13. The zero-order valence-corrected chi connectivity index (χ0v) is 9.77. The van der Waals surface area contributed by atoms with Gasteiger partial charge in [0.15, 0.2) is 11.6 Å². The predicted octanol–water partition coefficient (Wildman–Crippen LogP) is 3.06. The van der Waals surface area contributed by atoms with Crippen molar-refractivity contribution in [1.29, 1.82) is 0 Å². The van der Waals surface area contributed by atoms with Gasteiger partial charge in [0.1, 0.15) is 0 Å². The zero-order chi connectivity index (χ0) is 10.7. The van der Waals surface area contributed by atoms with Crippen LogP contribution in [0, 0.1) is 12.7 Å². The average molecular weight is 234 g/mol. The van der Waals surface area contributed by atoms with Crippen molar-refractivity contribution >= 4 is 12.4 Å². The molecular formula is C11H17ClFNO. The molecule has 1 aromatic carbocycles. The molecule has 0 aromatic heterocycles. The monoisotopic (exact) mass is 233 g/mol. The number of halogens is 2. The molecule has 0 aliphatic heterocycles. The van der Waals surface area contributed by atoms with Gasteiger partial charge < -0.3 is 10.8 Å². The summed E-state index contributed by atoms with van der Waals surface area (Å²) in [6.45, 7) is 3.62. The quantitative estimate of drug-likeness (QED) is 0.843. The lowest BCUT2D eigenvalue weighted by molar-refractivity contribution is 0.416. The number of aryl methyl sites for hydroxylation is 1. The van der Waals surface area contributed by atoms with Crippen molar-refractivity contribution in [3.8, 4) is 5.75 Å². The van der Waals surface area contributed by atoms with Crippen LogP contribution >= 0.6 is 12.4 Å². The van der Waals surface area contributed by atoms with Gasteiger partial charge in [0.2, 0.25) is 0 Å². The van der Waals surface area contributed by atoms with Gasteiger partial charge in [-0.25, -0.2) is 4.39 Å². The third kappa shape index (κ3) is 3.08. The van der Waals surface area contributed by atoms with Gasteiger partial charge in [-0.15, -0.1) is 12.4 Å². The molecule has 1 aromatic rings. The van der Waals surface area contributed by atoms with Crippen molar-refractivity contribution in [2.45, 2.75) is 32.7 Å². The Bertz CT molecular complexity index is 331. The van der Waals surface area contributed by atoms with Crippen LogP contribution in [-0.4, -0.2) is 5.11 Å². The van der Waals surface area contributed by atoms with Gasteiger partial charge in [-0.1, -0.05) is 25.5 Å². The Hall–Kier alpha value is -0.800. The highest BCUT2D eigenvalue weighted by atomic mass is 35.5. The van der Waals surface area contributed by atoms with E-state index in [1.165, 1.54) is 0 Å². The second-order valence-corrected chi connectivity index (χ2v) is 3.53. The fourth-order valence-corrected chi connectivity index (χ4v) is 1.45. The standard InChI is InChI=1S/C11H16FNO.ClH/c1-3-4-9(13)8-6-5-7(2)10(12)11(8)14;/h5-6,9,14H,3-4,13H2,1-2H3;1H/t9-;/m1./s1. The summed E-state index contributed by atoms with van der Waals surface area (Å²) < 4.78 is 13.3. The molecule has 0 heterocycles. The van der Waals surface area contributed by atoms with E-state index in [1.807, 2.05) is 6.92 Å². The second kappa shape index (κ2) is 5.93. The zero-order valence-electron chi connectivity index (χ0n) is 8.96. The van der Waals surface area contributed by atoms with E-state index < -0.39 is 5.82 Å². The van der Waals surface area contributed by atoms with Gasteiger partial charge in [-0.2, -0.15) is 0 Å². The smallest absolute Gasteiger partial charge is 0.168 e. The maximum Gasteiger partial charge on any atom is 0.168 e. The molecule has 0 bridgehead atoms. The third-order valence-corrected chi connectivity index (χ3v) is 2.34. The highest BCUT2D eigenvalue weighted by Crippen LogP contribution is 2.29. The Morgan fingerprint density at radius 1 is 1.47 bits per heavy atom. The van der Waals surface area contributed by atoms with E-state index in [1.54, 1.807) is 19.1 Å². The summed E-state index contributed by atoms with van der Waals surface area (Å²) >= 11 is 0. The van der Waals surface area contributed by atoms with Crippen LogP contribution in [0.3, 0.4) is 0 Å². The van der Waals surface area contributed by atoms with Gasteiger partial charge in [0, 0.05) is 11.6 Å². The van der Waals surface area contributed by atoms with Crippen LogP contribution in [0.2, 0.25) is 0 Å². The van der Waals surface area contributed by atoms with Crippen molar-refractivity contribution in [3.05, 3.63) is 29.1 Å². The number of rotatable bonds is 3. The molecule has 0 radical (unpaired) electrons.